The van der Waals surface area contributed by atoms with E-state index in [1.807, 2.05) is 0 Å². The van der Waals surface area contributed by atoms with Gasteiger partial charge in [-0.05, 0) is 24.0 Å². The number of hydrogen-bond donors (Lipinski definition) is 2. The van der Waals surface area contributed by atoms with Crippen LogP contribution in [-0.2, 0) is 35.0 Å². The second-order valence-electron chi connectivity index (χ2n) is 9.04. The number of carbonyl (C=O) groups is 2. The number of nitrogens with two attached hydrogens (primary N) is 1. The van der Waals surface area contributed by atoms with Crippen LogP contribution in [0.3, 0.4) is 0 Å². The number of nitrogens with zero attached hydrogens (tertiary/aromatic N) is 4. The SMILES string of the molecule is CC(C)C(N)C(=O)NC(CC(=O)N1CCn2c(nnc2C(C)(F)F)C1)Cc1cc(F)c(F)cc1F. The normalized spacial score (nSPS) is 15.7. The molecule has 1 aromatic carbocycles. The Labute approximate surface area is 198 Å². The highest BCUT2D eigenvalue weighted by molar-refractivity contribution is 5.83. The van der Waals surface area contributed by atoms with Gasteiger partial charge in [-0.25, -0.2) is 13.2 Å². The number of carbonyl (C=O) groups excluding carboxylic acids is 2. The van der Waals surface area contributed by atoms with Gasteiger partial charge < -0.3 is 20.5 Å². The molecule has 2 amide bonds. The lowest BCUT2D eigenvalue weighted by atomic mass is 9.99. The molecule has 0 spiro atoms. The average Bonchev–Trinajstić information content (AvgIpc) is 3.20. The summed E-state index contributed by atoms with van der Waals surface area (Å²) in [7, 11) is 0. The van der Waals surface area contributed by atoms with Crippen molar-refractivity contribution in [1.29, 1.82) is 0 Å². The fourth-order valence-corrected chi connectivity index (χ4v) is 3.80. The summed E-state index contributed by atoms with van der Waals surface area (Å²) < 4.78 is 69.9. The van der Waals surface area contributed by atoms with Crippen LogP contribution in [0.1, 0.15) is 44.4 Å². The number of amides is 2. The van der Waals surface area contributed by atoms with E-state index in [-0.39, 0.29) is 49.8 Å². The molecule has 0 radical (unpaired) electrons. The molecule has 35 heavy (non-hydrogen) atoms. The third-order valence-electron chi connectivity index (χ3n) is 5.84. The molecule has 0 fully saturated rings. The van der Waals surface area contributed by atoms with Crippen LogP contribution in [0, 0.1) is 23.4 Å². The van der Waals surface area contributed by atoms with Gasteiger partial charge in [0.05, 0.1) is 12.6 Å². The molecular weight excluding hydrogens is 475 g/mol. The van der Waals surface area contributed by atoms with Crippen LogP contribution < -0.4 is 11.1 Å². The summed E-state index contributed by atoms with van der Waals surface area (Å²) in [6.07, 6.45) is -0.624. The first-order valence-corrected chi connectivity index (χ1v) is 11.1. The lowest BCUT2D eigenvalue weighted by molar-refractivity contribution is -0.133. The minimum Gasteiger partial charge on any atom is -0.351 e. The summed E-state index contributed by atoms with van der Waals surface area (Å²) in [6.45, 7) is 4.18. The predicted octanol–water partition coefficient (Wildman–Crippen LogP) is 2.25. The number of fused-ring (bicyclic) bond motifs is 1. The topological polar surface area (TPSA) is 106 Å². The lowest BCUT2D eigenvalue weighted by Crippen LogP contribution is -2.50. The maximum atomic E-state index is 14.3. The van der Waals surface area contributed by atoms with Crippen molar-refractivity contribution in [3.8, 4) is 0 Å². The first kappa shape index (κ1) is 26.5. The van der Waals surface area contributed by atoms with Gasteiger partial charge in [0.2, 0.25) is 17.6 Å². The molecule has 1 aliphatic rings. The van der Waals surface area contributed by atoms with Crippen molar-refractivity contribution in [3.63, 3.8) is 0 Å². The highest BCUT2D eigenvalue weighted by Gasteiger charge is 2.35. The standard InChI is InChI=1S/C22H27F5N6O2/c1-11(2)19(28)20(35)29-13(6-12-7-15(24)16(25)9-14(12)23)8-18(34)32-4-5-33-17(10-32)30-31-21(33)22(3,26)27/h7,9,11,13,19H,4-6,8,10,28H2,1-3H3,(H,29,35). The Morgan fingerprint density at radius 3 is 2.40 bits per heavy atom. The number of nitrogens with one attached hydrogen (secondary N) is 1. The number of aromatic nitrogens is 3. The van der Waals surface area contributed by atoms with Gasteiger partial charge in [0.15, 0.2) is 17.5 Å². The smallest absolute Gasteiger partial charge is 0.304 e. The maximum absolute atomic E-state index is 14.3. The van der Waals surface area contributed by atoms with Crippen LogP contribution in [0.25, 0.3) is 0 Å². The number of alkyl halides is 2. The van der Waals surface area contributed by atoms with Crippen molar-refractivity contribution in [3.05, 3.63) is 46.8 Å². The second-order valence-corrected chi connectivity index (χ2v) is 9.04. The molecule has 0 saturated carbocycles. The van der Waals surface area contributed by atoms with Crippen LogP contribution in [0.2, 0.25) is 0 Å². The molecule has 1 aliphatic heterocycles. The van der Waals surface area contributed by atoms with E-state index >= 15 is 0 Å². The van der Waals surface area contributed by atoms with Crippen LogP contribution in [0.15, 0.2) is 12.1 Å². The van der Waals surface area contributed by atoms with E-state index < -0.39 is 53.1 Å². The van der Waals surface area contributed by atoms with Gasteiger partial charge in [0.25, 0.3) is 0 Å². The maximum Gasteiger partial charge on any atom is 0.304 e. The molecule has 2 unspecified atom stereocenters. The summed E-state index contributed by atoms with van der Waals surface area (Å²) in [5, 5.41) is 9.87. The van der Waals surface area contributed by atoms with Gasteiger partial charge in [-0.2, -0.15) is 8.78 Å². The Kier molecular flexibility index (Phi) is 7.77. The average molecular weight is 502 g/mol. The molecule has 3 rings (SSSR count). The molecule has 2 heterocycles. The van der Waals surface area contributed by atoms with Crippen molar-refractivity contribution in [1.82, 2.24) is 25.0 Å². The Bertz CT molecular complexity index is 1100. The Morgan fingerprint density at radius 2 is 1.77 bits per heavy atom. The van der Waals surface area contributed by atoms with Crippen LogP contribution in [0.4, 0.5) is 22.0 Å². The summed E-state index contributed by atoms with van der Waals surface area (Å²) in [4.78, 5) is 26.9. The van der Waals surface area contributed by atoms with Gasteiger partial charge in [0, 0.05) is 38.5 Å². The second kappa shape index (κ2) is 10.3. The minimum absolute atomic E-state index is 0.0416. The zero-order valence-corrected chi connectivity index (χ0v) is 19.5. The Morgan fingerprint density at radius 1 is 1.11 bits per heavy atom. The van der Waals surface area contributed by atoms with E-state index in [9.17, 15) is 31.5 Å². The molecule has 1 aromatic heterocycles. The molecule has 3 N–H and O–H groups in total. The van der Waals surface area contributed by atoms with E-state index in [4.69, 9.17) is 5.73 Å². The molecule has 0 aliphatic carbocycles. The van der Waals surface area contributed by atoms with E-state index in [0.717, 1.165) is 0 Å². The third-order valence-corrected chi connectivity index (χ3v) is 5.84. The summed E-state index contributed by atoms with van der Waals surface area (Å²) in [5.74, 6) is -8.47. The minimum atomic E-state index is -3.20. The molecule has 2 aromatic rings. The van der Waals surface area contributed by atoms with Crippen LogP contribution in [-0.4, -0.2) is 50.1 Å². The van der Waals surface area contributed by atoms with E-state index in [0.29, 0.717) is 19.1 Å². The molecule has 13 heteroatoms. The molecule has 0 saturated heterocycles. The van der Waals surface area contributed by atoms with Crippen molar-refractivity contribution >= 4 is 11.8 Å². The number of benzene rings is 1. The summed E-state index contributed by atoms with van der Waals surface area (Å²) in [6, 6.07) is -0.837. The van der Waals surface area contributed by atoms with E-state index in [2.05, 4.69) is 15.5 Å². The van der Waals surface area contributed by atoms with E-state index in [1.54, 1.807) is 13.8 Å². The molecule has 0 bridgehead atoms. The first-order valence-electron chi connectivity index (χ1n) is 11.1. The summed E-state index contributed by atoms with van der Waals surface area (Å²) in [5.41, 5.74) is 5.64. The summed E-state index contributed by atoms with van der Waals surface area (Å²) >= 11 is 0. The fraction of sp³-hybridized carbons (Fsp3) is 0.545. The Hall–Kier alpha value is -3.09. The predicted molar refractivity (Wildman–Crippen MR) is 114 cm³/mol. The number of hydrogen-bond acceptors (Lipinski definition) is 5. The molecule has 2 atom stereocenters. The van der Waals surface area contributed by atoms with Crippen molar-refractivity contribution in [2.75, 3.05) is 6.54 Å². The van der Waals surface area contributed by atoms with Gasteiger partial charge in [-0.1, -0.05) is 13.8 Å². The lowest BCUT2D eigenvalue weighted by Gasteiger charge is -2.30. The van der Waals surface area contributed by atoms with Crippen molar-refractivity contribution in [2.24, 2.45) is 11.7 Å². The highest BCUT2D eigenvalue weighted by Crippen LogP contribution is 2.27. The Balaban J connectivity index is 1.78. The van der Waals surface area contributed by atoms with Crippen LogP contribution >= 0.6 is 0 Å². The molecule has 192 valence electrons. The zero-order valence-electron chi connectivity index (χ0n) is 19.5. The van der Waals surface area contributed by atoms with Gasteiger partial charge in [0.1, 0.15) is 5.82 Å². The third kappa shape index (κ3) is 6.13. The first-order chi connectivity index (χ1) is 16.3. The number of rotatable bonds is 8. The van der Waals surface area contributed by atoms with Gasteiger partial charge in [-0.3, -0.25) is 9.59 Å². The molecular formula is C22H27F5N6O2. The van der Waals surface area contributed by atoms with Gasteiger partial charge in [-0.15, -0.1) is 10.2 Å². The van der Waals surface area contributed by atoms with E-state index in [1.165, 1.54) is 9.47 Å². The van der Waals surface area contributed by atoms with Crippen molar-refractivity contribution < 1.29 is 31.5 Å². The highest BCUT2D eigenvalue weighted by atomic mass is 19.3. The zero-order chi connectivity index (χ0) is 26.1. The number of halogens is 5. The largest absolute Gasteiger partial charge is 0.351 e. The fourth-order valence-electron chi connectivity index (χ4n) is 3.80. The van der Waals surface area contributed by atoms with Crippen LogP contribution in [0.5, 0.6) is 0 Å². The monoisotopic (exact) mass is 502 g/mol. The van der Waals surface area contributed by atoms with Gasteiger partial charge >= 0.3 is 5.92 Å². The van der Waals surface area contributed by atoms with Crippen molar-refractivity contribution in [2.45, 2.75) is 64.7 Å². The molecule has 8 nitrogen and oxygen atoms in total. The quantitative estimate of drug-likeness (QED) is 0.426.